The van der Waals surface area contributed by atoms with Gasteiger partial charge in [-0.1, -0.05) is 11.3 Å². The van der Waals surface area contributed by atoms with Crippen molar-refractivity contribution in [3.63, 3.8) is 0 Å². The van der Waals surface area contributed by atoms with Gasteiger partial charge in [-0.3, -0.25) is 4.79 Å². The van der Waals surface area contributed by atoms with E-state index in [1.54, 1.807) is 18.2 Å². The van der Waals surface area contributed by atoms with Crippen molar-refractivity contribution >= 4 is 31.6 Å². The van der Waals surface area contributed by atoms with Gasteiger partial charge in [-0.2, -0.15) is 4.31 Å². The molecule has 1 saturated heterocycles. The molecule has 0 amide bonds. The normalized spacial score (nSPS) is 18.6. The number of rotatable bonds is 7. The van der Waals surface area contributed by atoms with Crippen LogP contribution < -0.4 is 4.87 Å². The first kappa shape index (κ1) is 18.5. The first-order valence-corrected chi connectivity index (χ1v) is 10.5. The molecule has 1 aromatic heterocycles. The number of H-pyrrole nitrogens is 1. The third-order valence-corrected chi connectivity index (χ3v) is 6.96. The number of aromatic nitrogens is 1. The highest BCUT2D eigenvalue weighted by Crippen LogP contribution is 2.24. The molecule has 0 spiro atoms. The lowest BCUT2D eigenvalue weighted by Gasteiger charge is -2.26. The Labute approximate surface area is 151 Å². The highest BCUT2D eigenvalue weighted by Gasteiger charge is 2.29. The molecule has 1 aromatic carbocycles. The zero-order chi connectivity index (χ0) is 18.0. The Morgan fingerprint density at radius 3 is 2.80 bits per heavy atom. The molecule has 0 aliphatic carbocycles. The summed E-state index contributed by atoms with van der Waals surface area (Å²) in [6.07, 6.45) is 1.80. The average molecular weight is 386 g/mol. The lowest BCUT2D eigenvalue weighted by atomic mass is 10.2. The van der Waals surface area contributed by atoms with Gasteiger partial charge in [0.1, 0.15) is 0 Å². The Morgan fingerprint density at radius 1 is 1.32 bits per heavy atom. The van der Waals surface area contributed by atoms with Gasteiger partial charge >= 0.3 is 4.87 Å². The third-order valence-electron chi connectivity index (χ3n) is 4.26. The standard InChI is InChI=1S/C16H23N3O4S2/c1-18(2)7-8-19(11-12-4-3-9-23-12)25(21,22)13-5-6-14-15(10-13)24-16(20)17-14/h5-6,10,12H,3-4,7-9,11H2,1-2H3,(H,17,20). The quantitative estimate of drug-likeness (QED) is 0.777. The second-order valence-corrected chi connectivity index (χ2v) is 9.43. The topological polar surface area (TPSA) is 82.7 Å². The summed E-state index contributed by atoms with van der Waals surface area (Å²) in [5.41, 5.74) is 0.660. The van der Waals surface area contributed by atoms with Crippen molar-refractivity contribution in [2.75, 3.05) is 40.3 Å². The molecule has 1 fully saturated rings. The number of thiazole rings is 1. The summed E-state index contributed by atoms with van der Waals surface area (Å²) in [6, 6.07) is 4.78. The Bertz CT molecular complexity index is 882. The number of aromatic amines is 1. The minimum absolute atomic E-state index is 0.0519. The maximum Gasteiger partial charge on any atom is 0.305 e. The maximum absolute atomic E-state index is 13.2. The fourth-order valence-electron chi connectivity index (χ4n) is 2.87. The van der Waals surface area contributed by atoms with E-state index in [4.69, 9.17) is 4.74 Å². The monoisotopic (exact) mass is 385 g/mol. The van der Waals surface area contributed by atoms with Crippen LogP contribution in [-0.2, 0) is 14.8 Å². The summed E-state index contributed by atoms with van der Waals surface area (Å²) >= 11 is 1.02. The minimum Gasteiger partial charge on any atom is -0.377 e. The molecule has 1 unspecified atom stereocenters. The van der Waals surface area contributed by atoms with Gasteiger partial charge in [-0.05, 0) is 45.1 Å². The van der Waals surface area contributed by atoms with E-state index < -0.39 is 10.0 Å². The van der Waals surface area contributed by atoms with Gasteiger partial charge in [0.2, 0.25) is 10.0 Å². The van der Waals surface area contributed by atoms with Gasteiger partial charge in [0.15, 0.2) is 0 Å². The number of likely N-dealkylation sites (N-methyl/N-ethyl adjacent to an activating group) is 1. The number of nitrogens with one attached hydrogen (secondary N) is 1. The highest BCUT2D eigenvalue weighted by atomic mass is 32.2. The predicted octanol–water partition coefficient (Wildman–Crippen LogP) is 1.32. The predicted molar refractivity (Wildman–Crippen MR) is 98.7 cm³/mol. The van der Waals surface area contributed by atoms with Crippen molar-refractivity contribution in [1.29, 1.82) is 0 Å². The zero-order valence-electron chi connectivity index (χ0n) is 14.4. The van der Waals surface area contributed by atoms with Gasteiger partial charge in [0.25, 0.3) is 0 Å². The number of benzene rings is 1. The zero-order valence-corrected chi connectivity index (χ0v) is 16.0. The number of hydrogen-bond donors (Lipinski definition) is 1. The van der Waals surface area contributed by atoms with Crippen LogP contribution in [0.15, 0.2) is 27.9 Å². The van der Waals surface area contributed by atoms with Crippen LogP contribution in [0, 0.1) is 0 Å². The Kier molecular flexibility index (Phi) is 5.59. The van der Waals surface area contributed by atoms with Gasteiger partial charge in [0.05, 0.1) is 21.2 Å². The van der Waals surface area contributed by atoms with Crippen molar-refractivity contribution in [1.82, 2.24) is 14.2 Å². The largest absolute Gasteiger partial charge is 0.377 e. The summed E-state index contributed by atoms with van der Waals surface area (Å²) in [7, 11) is 0.185. The average Bonchev–Trinajstić information content (AvgIpc) is 3.18. The summed E-state index contributed by atoms with van der Waals surface area (Å²) in [5.74, 6) is 0. The Hall–Kier alpha value is -1.26. The molecular weight excluding hydrogens is 362 g/mol. The van der Waals surface area contributed by atoms with Crippen molar-refractivity contribution in [2.45, 2.75) is 23.8 Å². The van der Waals surface area contributed by atoms with Crippen molar-refractivity contribution in [3.8, 4) is 0 Å². The Morgan fingerprint density at radius 2 is 2.12 bits per heavy atom. The fourth-order valence-corrected chi connectivity index (χ4v) is 5.21. The Balaban J connectivity index is 1.90. The number of fused-ring (bicyclic) bond motifs is 1. The van der Waals surface area contributed by atoms with Gasteiger partial charge in [-0.15, -0.1) is 0 Å². The number of hydrogen-bond acceptors (Lipinski definition) is 6. The van der Waals surface area contributed by atoms with E-state index in [0.717, 1.165) is 24.2 Å². The van der Waals surface area contributed by atoms with Gasteiger partial charge in [-0.25, -0.2) is 8.42 Å². The van der Waals surface area contributed by atoms with E-state index in [1.165, 1.54) is 4.31 Å². The second-order valence-electron chi connectivity index (χ2n) is 6.47. The van der Waals surface area contributed by atoms with Gasteiger partial charge < -0.3 is 14.6 Å². The molecule has 0 saturated carbocycles. The van der Waals surface area contributed by atoms with E-state index in [0.29, 0.717) is 36.5 Å². The smallest absolute Gasteiger partial charge is 0.305 e. The second kappa shape index (κ2) is 7.55. The van der Waals surface area contributed by atoms with Crippen molar-refractivity contribution in [2.24, 2.45) is 0 Å². The van der Waals surface area contributed by atoms with E-state index in [9.17, 15) is 13.2 Å². The molecule has 1 atom stereocenters. The fraction of sp³-hybridized carbons (Fsp3) is 0.562. The molecule has 25 heavy (non-hydrogen) atoms. The number of ether oxygens (including phenoxy) is 1. The lowest BCUT2D eigenvalue weighted by molar-refractivity contribution is 0.0925. The van der Waals surface area contributed by atoms with Crippen LogP contribution in [-0.4, -0.2) is 69.0 Å². The lowest BCUT2D eigenvalue weighted by Crippen LogP contribution is -2.41. The SMILES string of the molecule is CN(C)CCN(CC1CCCO1)S(=O)(=O)c1ccc2[nH]c(=O)sc2c1. The first-order chi connectivity index (χ1) is 11.9. The van der Waals surface area contributed by atoms with Crippen LogP contribution in [0.4, 0.5) is 0 Å². The molecule has 3 rings (SSSR count). The molecule has 0 bridgehead atoms. The molecule has 2 aromatic rings. The van der Waals surface area contributed by atoms with Gasteiger partial charge in [0, 0.05) is 26.2 Å². The molecule has 1 N–H and O–H groups in total. The molecule has 9 heteroatoms. The highest BCUT2D eigenvalue weighted by molar-refractivity contribution is 7.89. The van der Waals surface area contributed by atoms with Crippen LogP contribution in [0.25, 0.3) is 10.2 Å². The van der Waals surface area contributed by atoms with E-state index in [2.05, 4.69) is 4.98 Å². The molecule has 138 valence electrons. The van der Waals surface area contributed by atoms with E-state index in [1.807, 2.05) is 19.0 Å². The number of nitrogens with zero attached hydrogens (tertiary/aromatic N) is 2. The molecule has 1 aliphatic rings. The third kappa shape index (κ3) is 4.29. The van der Waals surface area contributed by atoms with Crippen LogP contribution >= 0.6 is 11.3 Å². The molecule has 1 aliphatic heterocycles. The van der Waals surface area contributed by atoms with Crippen LogP contribution in [0.1, 0.15) is 12.8 Å². The molecular formula is C16H23N3O4S2. The number of sulfonamides is 1. The molecule has 7 nitrogen and oxygen atoms in total. The van der Waals surface area contributed by atoms with E-state index >= 15 is 0 Å². The summed E-state index contributed by atoms with van der Waals surface area (Å²) in [6.45, 7) is 2.08. The minimum atomic E-state index is -3.65. The molecule has 0 radical (unpaired) electrons. The summed E-state index contributed by atoms with van der Waals surface area (Å²) in [4.78, 5) is 16.2. The first-order valence-electron chi connectivity index (χ1n) is 8.25. The maximum atomic E-state index is 13.2. The van der Waals surface area contributed by atoms with Crippen molar-refractivity contribution in [3.05, 3.63) is 27.9 Å². The summed E-state index contributed by atoms with van der Waals surface area (Å²) in [5, 5.41) is 0. The van der Waals surface area contributed by atoms with Crippen LogP contribution in [0.2, 0.25) is 0 Å². The summed E-state index contributed by atoms with van der Waals surface area (Å²) < 4.78 is 34.1. The van der Waals surface area contributed by atoms with Crippen molar-refractivity contribution < 1.29 is 13.2 Å². The van der Waals surface area contributed by atoms with Crippen LogP contribution in [0.3, 0.4) is 0 Å². The van der Waals surface area contributed by atoms with Crippen LogP contribution in [0.5, 0.6) is 0 Å². The van der Waals surface area contributed by atoms with E-state index in [-0.39, 0.29) is 15.9 Å². The molecule has 2 heterocycles.